The van der Waals surface area contributed by atoms with Gasteiger partial charge in [-0.2, -0.15) is 0 Å². The minimum absolute atomic E-state index is 0.129. The molecule has 5 heteroatoms. The molecule has 1 aliphatic rings. The van der Waals surface area contributed by atoms with Crippen LogP contribution in [0.2, 0.25) is 0 Å². The predicted octanol–water partition coefficient (Wildman–Crippen LogP) is 0.873. The first kappa shape index (κ1) is 16.7. The van der Waals surface area contributed by atoms with Gasteiger partial charge in [0.05, 0.1) is 6.26 Å². The van der Waals surface area contributed by atoms with Crippen molar-refractivity contribution in [1.29, 1.82) is 0 Å². The molecule has 1 saturated heterocycles. The van der Waals surface area contributed by atoms with Crippen molar-refractivity contribution >= 4 is 0 Å². The molecule has 3 aromatic rings. The van der Waals surface area contributed by atoms with Gasteiger partial charge in [-0.25, -0.2) is 0 Å². The maximum absolute atomic E-state index is 10.1. The van der Waals surface area contributed by atoms with Crippen LogP contribution in [0.5, 0.6) is 11.5 Å². The summed E-state index contributed by atoms with van der Waals surface area (Å²) < 4.78 is 5.75. The number of furan rings is 1. The Kier molecular flexibility index (Phi) is 4.65. The van der Waals surface area contributed by atoms with Crippen LogP contribution >= 0.6 is 0 Å². The van der Waals surface area contributed by atoms with E-state index in [0.29, 0.717) is 11.5 Å². The highest BCUT2D eigenvalue weighted by molar-refractivity contribution is 5.31. The molecule has 2 atom stereocenters. The van der Waals surface area contributed by atoms with E-state index in [1.807, 2.05) is 48.5 Å². The summed E-state index contributed by atoms with van der Waals surface area (Å²) in [7, 11) is 0. The maximum Gasteiger partial charge on any atom is 0.273 e. The third-order valence-corrected chi connectivity index (χ3v) is 5.23. The van der Waals surface area contributed by atoms with Crippen molar-refractivity contribution in [3.63, 3.8) is 0 Å². The molecule has 26 heavy (non-hydrogen) atoms. The fourth-order valence-corrected chi connectivity index (χ4v) is 3.95. The topological polar surface area (TPSA) is 62.5 Å². The molecule has 4 rings (SSSR count). The molecule has 1 fully saturated rings. The summed E-state index contributed by atoms with van der Waals surface area (Å²) in [6.45, 7) is 3.43. The Bertz CT molecular complexity index is 808. The zero-order valence-corrected chi connectivity index (χ0v) is 14.6. The van der Waals surface area contributed by atoms with E-state index in [2.05, 4.69) is 0 Å². The number of hydrogen-bond acceptors (Lipinski definition) is 3. The average Bonchev–Trinajstić information content (AvgIpc) is 3.29. The summed E-state index contributed by atoms with van der Waals surface area (Å²) in [6, 6.07) is 19.0. The first-order chi connectivity index (χ1) is 12.7. The van der Waals surface area contributed by atoms with Crippen LogP contribution in [-0.2, 0) is 13.1 Å². The van der Waals surface area contributed by atoms with Crippen molar-refractivity contribution in [3.05, 3.63) is 83.8 Å². The first-order valence-electron chi connectivity index (χ1n) is 8.98. The molecule has 134 valence electrons. The molecule has 1 aliphatic heterocycles. The fraction of sp³-hybridized carbons (Fsp3) is 0.238. The summed E-state index contributed by atoms with van der Waals surface area (Å²) >= 11 is 0. The molecule has 5 nitrogen and oxygen atoms in total. The van der Waals surface area contributed by atoms with Gasteiger partial charge in [-0.3, -0.25) is 9.80 Å². The fourth-order valence-electron chi connectivity index (χ4n) is 3.95. The van der Waals surface area contributed by atoms with Gasteiger partial charge in [0, 0.05) is 11.1 Å². The summed E-state index contributed by atoms with van der Waals surface area (Å²) in [5.74, 6) is 1.62. The number of rotatable bonds is 5. The molecule has 0 bridgehead atoms. The lowest BCUT2D eigenvalue weighted by atomic mass is 10.1. The minimum Gasteiger partial charge on any atom is -0.507 e. The van der Waals surface area contributed by atoms with Gasteiger partial charge in [0.25, 0.3) is 6.17 Å². The lowest BCUT2D eigenvalue weighted by molar-refractivity contribution is -1.09. The van der Waals surface area contributed by atoms with E-state index in [-0.39, 0.29) is 6.17 Å². The largest absolute Gasteiger partial charge is 0.507 e. The van der Waals surface area contributed by atoms with Gasteiger partial charge in [0.2, 0.25) is 5.76 Å². The Morgan fingerprint density at radius 1 is 0.769 bits per heavy atom. The predicted molar refractivity (Wildman–Crippen MR) is 96.7 cm³/mol. The van der Waals surface area contributed by atoms with Crippen LogP contribution in [0.4, 0.5) is 0 Å². The van der Waals surface area contributed by atoms with Gasteiger partial charge in [-0.05, 0) is 36.4 Å². The summed E-state index contributed by atoms with van der Waals surface area (Å²) in [5, 5.41) is 20.3. The minimum atomic E-state index is 0.129. The quantitative estimate of drug-likeness (QED) is 0.551. The van der Waals surface area contributed by atoms with Crippen LogP contribution in [0.1, 0.15) is 23.1 Å². The van der Waals surface area contributed by atoms with E-state index in [9.17, 15) is 10.2 Å². The average molecular weight is 352 g/mol. The molecule has 0 saturated carbocycles. The number of phenols is 2. The molecular weight excluding hydrogens is 328 g/mol. The van der Waals surface area contributed by atoms with E-state index in [4.69, 9.17) is 4.42 Å². The van der Waals surface area contributed by atoms with Crippen molar-refractivity contribution in [2.45, 2.75) is 19.3 Å². The smallest absolute Gasteiger partial charge is 0.273 e. The highest BCUT2D eigenvalue weighted by Gasteiger charge is 2.43. The van der Waals surface area contributed by atoms with E-state index in [0.717, 1.165) is 43.1 Å². The third-order valence-electron chi connectivity index (χ3n) is 5.23. The van der Waals surface area contributed by atoms with Crippen molar-refractivity contribution in [2.75, 3.05) is 13.1 Å². The van der Waals surface area contributed by atoms with Crippen molar-refractivity contribution in [3.8, 4) is 11.5 Å². The molecule has 0 spiro atoms. The molecule has 0 aliphatic carbocycles. The van der Waals surface area contributed by atoms with Gasteiger partial charge in [-0.15, -0.1) is 0 Å². The number of hydrogen-bond donors (Lipinski definition) is 4. The summed E-state index contributed by atoms with van der Waals surface area (Å²) in [6.07, 6.45) is 1.84. The van der Waals surface area contributed by atoms with Crippen molar-refractivity contribution in [2.24, 2.45) is 0 Å². The number of phenolic OH excluding ortho intramolecular Hbond substituents is 2. The molecule has 4 N–H and O–H groups in total. The highest BCUT2D eigenvalue weighted by Crippen LogP contribution is 2.17. The van der Waals surface area contributed by atoms with Gasteiger partial charge in [0.1, 0.15) is 37.7 Å². The molecule has 1 aromatic heterocycles. The number of quaternary nitrogens is 2. The number of nitrogens with one attached hydrogen (secondary N) is 2. The van der Waals surface area contributed by atoms with E-state index in [1.165, 1.54) is 9.80 Å². The Hall–Kier alpha value is -2.76. The summed E-state index contributed by atoms with van der Waals surface area (Å²) in [4.78, 5) is 2.71. The molecule has 0 amide bonds. The second kappa shape index (κ2) is 7.23. The van der Waals surface area contributed by atoms with E-state index >= 15 is 0 Å². The van der Waals surface area contributed by atoms with Gasteiger partial charge < -0.3 is 14.6 Å². The third kappa shape index (κ3) is 3.31. The number of aromatic hydroxyl groups is 2. The monoisotopic (exact) mass is 352 g/mol. The molecule has 2 heterocycles. The number of para-hydroxylation sites is 2. The Balaban J connectivity index is 1.60. The Labute approximate surface area is 152 Å². The second-order valence-corrected chi connectivity index (χ2v) is 6.88. The van der Waals surface area contributed by atoms with E-state index < -0.39 is 0 Å². The normalized spacial score (nSPS) is 22.5. The highest BCUT2D eigenvalue weighted by atomic mass is 16.3. The van der Waals surface area contributed by atoms with Crippen LogP contribution in [0.25, 0.3) is 0 Å². The zero-order chi connectivity index (χ0) is 17.9. The van der Waals surface area contributed by atoms with E-state index in [1.54, 1.807) is 18.4 Å². The number of benzene rings is 2. The first-order valence-corrected chi connectivity index (χ1v) is 8.98. The molecule has 2 unspecified atom stereocenters. The van der Waals surface area contributed by atoms with Crippen LogP contribution in [-0.4, -0.2) is 23.3 Å². The molecule has 2 aromatic carbocycles. The zero-order valence-electron chi connectivity index (χ0n) is 14.6. The van der Waals surface area contributed by atoms with Gasteiger partial charge in [-0.1, -0.05) is 24.3 Å². The standard InChI is InChI=1S/C21H22N2O3/c24-18-8-3-1-6-16(18)14-22-11-12-23(21(22)20-10-5-13-26-20)15-17-7-2-4-9-19(17)25/h1-10,13,21,24-25H,11-12,14-15H2/p+2. The lowest BCUT2D eigenvalue weighted by Crippen LogP contribution is -3.22. The second-order valence-electron chi connectivity index (χ2n) is 6.88. The summed E-state index contributed by atoms with van der Waals surface area (Å²) in [5.41, 5.74) is 1.89. The van der Waals surface area contributed by atoms with Crippen LogP contribution in [0.15, 0.2) is 71.3 Å². The van der Waals surface area contributed by atoms with Crippen LogP contribution in [0.3, 0.4) is 0 Å². The lowest BCUT2D eigenvalue weighted by Gasteiger charge is -2.23. The van der Waals surface area contributed by atoms with Crippen molar-refractivity contribution < 1.29 is 24.4 Å². The van der Waals surface area contributed by atoms with Gasteiger partial charge in [0.15, 0.2) is 0 Å². The van der Waals surface area contributed by atoms with Crippen LogP contribution < -0.4 is 9.80 Å². The molecular formula is C21H24N2O3+2. The maximum atomic E-state index is 10.1. The van der Waals surface area contributed by atoms with Gasteiger partial charge >= 0.3 is 0 Å². The van der Waals surface area contributed by atoms with Crippen LogP contribution in [0, 0.1) is 0 Å². The SMILES string of the molecule is Oc1ccccc1C[NH+]1CC[NH+](Cc2ccccc2O)C1c1ccco1. The Morgan fingerprint density at radius 3 is 1.77 bits per heavy atom. The molecule has 0 radical (unpaired) electrons. The Morgan fingerprint density at radius 2 is 1.31 bits per heavy atom. The van der Waals surface area contributed by atoms with Crippen molar-refractivity contribution in [1.82, 2.24) is 0 Å².